The Bertz CT molecular complexity index is 1130. The number of hydrazone groups is 1. The smallest absolute Gasteiger partial charge is 0.309 e. The molecule has 1 N–H and O–H groups in total. The van der Waals surface area contributed by atoms with Gasteiger partial charge in [-0.25, -0.2) is 5.01 Å². The van der Waals surface area contributed by atoms with E-state index in [1.54, 1.807) is 12.1 Å². The van der Waals surface area contributed by atoms with Crippen molar-refractivity contribution in [3.05, 3.63) is 53.6 Å². The van der Waals surface area contributed by atoms with Crippen LogP contribution < -0.4 is 14.0 Å². The average molecular weight is 527 g/mol. The van der Waals surface area contributed by atoms with E-state index in [0.717, 1.165) is 53.5 Å². The van der Waals surface area contributed by atoms with Gasteiger partial charge in [-0.3, -0.25) is 14.1 Å². The first kappa shape index (κ1) is 27.0. The van der Waals surface area contributed by atoms with Gasteiger partial charge in [-0.05, 0) is 42.3 Å². The third-order valence-electron chi connectivity index (χ3n) is 6.96. The molecule has 2 aliphatic heterocycles. The van der Waals surface area contributed by atoms with E-state index >= 15 is 0 Å². The second kappa shape index (κ2) is 12.5. The predicted octanol–water partition coefficient (Wildman–Crippen LogP) is 4.54. The van der Waals surface area contributed by atoms with E-state index in [0.29, 0.717) is 48.5 Å². The van der Waals surface area contributed by atoms with Gasteiger partial charge >= 0.3 is 5.97 Å². The maximum Gasteiger partial charge on any atom is 0.309 e. The number of quaternary nitrogens is 1. The fraction of sp³-hybridized carbons (Fsp3) is 0.464. The first-order valence-electron chi connectivity index (χ1n) is 12.9. The number of hydrogen-bond acceptors (Lipinski definition) is 6. The van der Waals surface area contributed by atoms with Crippen molar-refractivity contribution < 1.29 is 24.2 Å². The van der Waals surface area contributed by atoms with E-state index in [-0.39, 0.29) is 12.3 Å². The highest BCUT2D eigenvalue weighted by Crippen LogP contribution is 2.31. The molecule has 2 heterocycles. The largest absolute Gasteiger partial charge is 0.493 e. The summed E-state index contributed by atoms with van der Waals surface area (Å²) >= 11 is 1.92. The lowest BCUT2D eigenvalue weighted by atomic mass is 10.0. The Labute approximate surface area is 222 Å². The summed E-state index contributed by atoms with van der Waals surface area (Å²) in [5.41, 5.74) is 3.90. The van der Waals surface area contributed by atoms with Gasteiger partial charge in [0.25, 0.3) is 0 Å². The molecule has 0 spiro atoms. The minimum absolute atomic E-state index is 0.00168. The molecule has 0 aliphatic carbocycles. The summed E-state index contributed by atoms with van der Waals surface area (Å²) in [4.78, 5) is 24.0. The molecule has 1 saturated heterocycles. The molecule has 2 aliphatic rings. The number of benzene rings is 2. The lowest BCUT2D eigenvalue weighted by molar-refractivity contribution is -0.137. The van der Waals surface area contributed by atoms with Crippen LogP contribution in [0.2, 0.25) is 0 Å². The molecule has 8 nitrogen and oxygen atoms in total. The Balaban J connectivity index is 1.51. The van der Waals surface area contributed by atoms with Crippen LogP contribution in [-0.2, 0) is 16.1 Å². The van der Waals surface area contributed by atoms with Crippen molar-refractivity contribution in [1.82, 2.24) is 9.49 Å². The number of nitrogens with zero attached hydrogens (tertiary/aromatic N) is 3. The lowest BCUT2D eigenvalue weighted by Crippen LogP contribution is -2.55. The van der Waals surface area contributed by atoms with E-state index in [1.807, 2.05) is 42.1 Å². The summed E-state index contributed by atoms with van der Waals surface area (Å²) in [5.74, 6) is 2.65. The number of thioether (sulfide) groups is 1. The zero-order valence-corrected chi connectivity index (χ0v) is 22.5. The SMILES string of the molecule is CCCOc1cc(C2=NN(Cc3ccc([N+]4(CCC(=O)O)CCSCC4)cc3)C(=O)CC2)ccc1OC. The van der Waals surface area contributed by atoms with E-state index in [4.69, 9.17) is 14.6 Å². The van der Waals surface area contributed by atoms with Gasteiger partial charge in [0, 0.05) is 29.9 Å². The molecular formula is C28H36N3O5S+. The first-order chi connectivity index (χ1) is 17.9. The molecule has 2 aromatic carbocycles. The molecule has 0 radical (unpaired) electrons. The molecule has 2 aromatic rings. The zero-order chi connectivity index (χ0) is 26.3. The Morgan fingerprint density at radius 2 is 1.86 bits per heavy atom. The summed E-state index contributed by atoms with van der Waals surface area (Å²) in [5, 5.41) is 15.5. The molecule has 1 fully saturated rings. The minimum Gasteiger partial charge on any atom is -0.493 e. The number of carbonyl (C=O) groups is 2. The topological polar surface area (TPSA) is 88.4 Å². The molecule has 0 aromatic heterocycles. The summed E-state index contributed by atoms with van der Waals surface area (Å²) in [6.07, 6.45) is 2.03. The maximum atomic E-state index is 12.7. The zero-order valence-electron chi connectivity index (χ0n) is 21.6. The Hall–Kier alpha value is -3.04. The lowest BCUT2D eigenvalue weighted by Gasteiger charge is -2.40. The van der Waals surface area contributed by atoms with Crippen molar-refractivity contribution in [2.24, 2.45) is 5.10 Å². The fourth-order valence-electron chi connectivity index (χ4n) is 4.82. The molecule has 9 heteroatoms. The van der Waals surface area contributed by atoms with Crippen molar-refractivity contribution >= 4 is 35.0 Å². The van der Waals surface area contributed by atoms with Crippen molar-refractivity contribution in [2.45, 2.75) is 39.2 Å². The maximum absolute atomic E-state index is 12.7. The van der Waals surface area contributed by atoms with E-state index in [2.05, 4.69) is 19.1 Å². The Morgan fingerprint density at radius 1 is 1.11 bits per heavy atom. The number of hydrogen-bond donors (Lipinski definition) is 1. The van der Waals surface area contributed by atoms with Gasteiger partial charge in [-0.2, -0.15) is 16.9 Å². The van der Waals surface area contributed by atoms with Crippen LogP contribution in [0, 0.1) is 0 Å². The van der Waals surface area contributed by atoms with Crippen molar-refractivity contribution in [3.63, 3.8) is 0 Å². The number of carboxylic acids is 1. The third-order valence-corrected chi connectivity index (χ3v) is 7.90. The summed E-state index contributed by atoms with van der Waals surface area (Å²) in [7, 11) is 1.62. The van der Waals surface area contributed by atoms with Gasteiger partial charge in [-0.15, -0.1) is 0 Å². The highest BCUT2D eigenvalue weighted by Gasteiger charge is 2.33. The third kappa shape index (κ3) is 6.64. The molecule has 0 unspecified atom stereocenters. The van der Waals surface area contributed by atoms with Crippen LogP contribution in [-0.4, -0.2) is 72.6 Å². The summed E-state index contributed by atoms with van der Waals surface area (Å²) in [6.45, 7) is 5.51. The molecular weight excluding hydrogens is 490 g/mol. The van der Waals surface area contributed by atoms with Crippen LogP contribution in [0.25, 0.3) is 0 Å². The molecule has 37 heavy (non-hydrogen) atoms. The normalized spacial score (nSPS) is 17.3. The molecule has 0 saturated carbocycles. The van der Waals surface area contributed by atoms with Crippen LogP contribution in [0.15, 0.2) is 47.6 Å². The van der Waals surface area contributed by atoms with Gasteiger partial charge < -0.3 is 14.6 Å². The van der Waals surface area contributed by atoms with Crippen LogP contribution in [0.3, 0.4) is 0 Å². The number of rotatable bonds is 11. The summed E-state index contributed by atoms with van der Waals surface area (Å²) in [6, 6.07) is 14.0. The summed E-state index contributed by atoms with van der Waals surface area (Å²) < 4.78 is 12.0. The highest BCUT2D eigenvalue weighted by atomic mass is 32.2. The Morgan fingerprint density at radius 3 is 2.54 bits per heavy atom. The van der Waals surface area contributed by atoms with Gasteiger partial charge in [0.05, 0.1) is 52.0 Å². The standard InChI is InChI=1S/C28H35N3O5S/c1-3-16-36-26-19-22(6-10-25(26)35-2)24-9-11-27(32)30(29-24)20-21-4-7-23(8-5-21)31(13-12-28(33)34)14-17-37-18-15-31/h4-8,10,19H,3,9,11-18,20H2,1-2H3/p+1. The van der Waals surface area contributed by atoms with Crippen LogP contribution in [0.1, 0.15) is 43.7 Å². The quantitative estimate of drug-likeness (QED) is 0.433. The monoisotopic (exact) mass is 526 g/mol. The average Bonchev–Trinajstić information content (AvgIpc) is 2.92. The van der Waals surface area contributed by atoms with Crippen LogP contribution >= 0.6 is 11.8 Å². The minimum atomic E-state index is -0.759. The van der Waals surface area contributed by atoms with Gasteiger partial charge in [0.2, 0.25) is 5.91 Å². The van der Waals surface area contributed by atoms with E-state index in [1.165, 1.54) is 0 Å². The predicted molar refractivity (Wildman–Crippen MR) is 148 cm³/mol. The number of carboxylic acid groups (broad SMARTS) is 1. The number of carbonyl (C=O) groups excluding carboxylic acids is 1. The Kier molecular flexibility index (Phi) is 9.10. The van der Waals surface area contributed by atoms with Gasteiger partial charge in [0.1, 0.15) is 5.69 Å². The number of aliphatic carboxylic acids is 1. The fourth-order valence-corrected chi connectivity index (χ4v) is 5.98. The van der Waals surface area contributed by atoms with E-state index in [9.17, 15) is 14.7 Å². The second-order valence-electron chi connectivity index (χ2n) is 9.45. The first-order valence-corrected chi connectivity index (χ1v) is 14.0. The van der Waals surface area contributed by atoms with Crippen molar-refractivity contribution in [1.29, 1.82) is 0 Å². The molecule has 198 valence electrons. The van der Waals surface area contributed by atoms with Crippen molar-refractivity contribution in [3.8, 4) is 11.5 Å². The molecule has 0 atom stereocenters. The number of amides is 1. The van der Waals surface area contributed by atoms with Crippen LogP contribution in [0.5, 0.6) is 11.5 Å². The van der Waals surface area contributed by atoms with E-state index < -0.39 is 5.97 Å². The second-order valence-corrected chi connectivity index (χ2v) is 10.7. The van der Waals surface area contributed by atoms with Crippen LogP contribution in [0.4, 0.5) is 5.69 Å². The molecule has 4 rings (SSSR count). The number of methoxy groups -OCH3 is 1. The molecule has 1 amide bonds. The number of ether oxygens (including phenoxy) is 2. The van der Waals surface area contributed by atoms with Gasteiger partial charge in [-0.1, -0.05) is 19.1 Å². The van der Waals surface area contributed by atoms with Crippen molar-refractivity contribution in [2.75, 3.05) is 44.9 Å². The highest BCUT2D eigenvalue weighted by molar-refractivity contribution is 7.99. The molecule has 0 bridgehead atoms. The van der Waals surface area contributed by atoms with Gasteiger partial charge in [0.15, 0.2) is 11.5 Å².